The molecule has 8 nitrogen and oxygen atoms in total. The number of nitrogens with zero attached hydrogens (tertiary/aromatic N) is 3. The van der Waals surface area contributed by atoms with Gasteiger partial charge in [0.15, 0.2) is 0 Å². The molecule has 2 aromatic rings. The molecule has 2 saturated heterocycles. The lowest BCUT2D eigenvalue weighted by atomic mass is 9.82. The molecule has 1 N–H and O–H groups in total. The maximum absolute atomic E-state index is 13.2. The summed E-state index contributed by atoms with van der Waals surface area (Å²) in [5.41, 5.74) is 3.67. The Morgan fingerprint density at radius 1 is 1.15 bits per heavy atom. The van der Waals surface area contributed by atoms with E-state index in [-0.39, 0.29) is 12.0 Å². The van der Waals surface area contributed by atoms with Crippen molar-refractivity contribution in [1.82, 2.24) is 14.4 Å². The van der Waals surface area contributed by atoms with Gasteiger partial charge in [0.1, 0.15) is 5.76 Å². The predicted octanol–water partition coefficient (Wildman–Crippen LogP) is 2.50. The first kappa shape index (κ1) is 23.5. The van der Waals surface area contributed by atoms with Crippen molar-refractivity contribution in [2.24, 2.45) is 5.92 Å². The molecule has 0 saturated carbocycles. The number of morpholine rings is 1. The van der Waals surface area contributed by atoms with E-state index in [1.54, 1.807) is 6.26 Å². The zero-order valence-electron chi connectivity index (χ0n) is 19.2. The fourth-order valence-corrected chi connectivity index (χ4v) is 5.35. The summed E-state index contributed by atoms with van der Waals surface area (Å²) in [6.07, 6.45) is 5.03. The second kappa shape index (κ2) is 11.0. The van der Waals surface area contributed by atoms with Crippen molar-refractivity contribution < 1.29 is 19.1 Å². The van der Waals surface area contributed by atoms with Gasteiger partial charge in [-0.25, -0.2) is 0 Å². The maximum atomic E-state index is 13.2. The van der Waals surface area contributed by atoms with Crippen LogP contribution in [-0.4, -0.2) is 71.9 Å². The quantitative estimate of drug-likeness (QED) is 0.693. The van der Waals surface area contributed by atoms with E-state index in [0.29, 0.717) is 11.8 Å². The molecule has 2 aromatic heterocycles. The fraction of sp³-hybridized carbons (Fsp3) is 0.520. The fourth-order valence-electron chi connectivity index (χ4n) is 5.35. The van der Waals surface area contributed by atoms with Crippen LogP contribution in [0.3, 0.4) is 0 Å². The first-order valence-corrected chi connectivity index (χ1v) is 11.6. The number of carbonyl (C=O) groups is 1. The summed E-state index contributed by atoms with van der Waals surface area (Å²) in [7, 11) is 0. The molecule has 2 atom stereocenters. The van der Waals surface area contributed by atoms with E-state index < -0.39 is 0 Å². The molecule has 3 aliphatic rings. The number of furan rings is 1. The van der Waals surface area contributed by atoms with Crippen LogP contribution < -0.4 is 5.56 Å². The Labute approximate surface area is 194 Å². The van der Waals surface area contributed by atoms with Gasteiger partial charge in [-0.05, 0) is 43.5 Å². The highest BCUT2D eigenvalue weighted by Crippen LogP contribution is 2.35. The Hall–Kier alpha value is -2.68. The van der Waals surface area contributed by atoms with E-state index in [1.165, 1.54) is 17.7 Å². The van der Waals surface area contributed by atoms with Gasteiger partial charge in [0, 0.05) is 63.0 Å². The minimum absolute atomic E-state index is 0.219. The van der Waals surface area contributed by atoms with Crippen LogP contribution in [0.15, 0.2) is 45.3 Å². The number of likely N-dealkylation sites (tertiary alicyclic amines) is 1. The van der Waals surface area contributed by atoms with E-state index in [9.17, 15) is 4.79 Å². The second-order valence-corrected chi connectivity index (χ2v) is 9.19. The average molecular weight is 456 g/mol. The summed E-state index contributed by atoms with van der Waals surface area (Å²) in [5.74, 6) is 1.90. The van der Waals surface area contributed by atoms with Crippen LogP contribution in [0.2, 0.25) is 0 Å². The Bertz CT molecular complexity index is 1010. The summed E-state index contributed by atoms with van der Waals surface area (Å²) < 4.78 is 13.0. The third kappa shape index (κ3) is 5.82. The van der Waals surface area contributed by atoms with Crippen LogP contribution in [0, 0.1) is 5.92 Å². The number of hydrogen-bond acceptors (Lipinski definition) is 6. The molecular weight excluding hydrogens is 422 g/mol. The minimum atomic E-state index is -0.250. The number of rotatable bonds is 5. The number of piperidine rings is 1. The lowest BCUT2D eigenvalue weighted by Gasteiger charge is -2.43. The zero-order valence-corrected chi connectivity index (χ0v) is 19.2. The molecule has 5 rings (SSSR count). The van der Waals surface area contributed by atoms with Gasteiger partial charge in [0.25, 0.3) is 12.0 Å². The first-order valence-electron chi connectivity index (χ1n) is 11.6. The average Bonchev–Trinajstić information content (AvgIpc) is 3.30. The third-order valence-electron chi connectivity index (χ3n) is 6.66. The van der Waals surface area contributed by atoms with E-state index in [2.05, 4.69) is 39.5 Å². The van der Waals surface area contributed by atoms with Gasteiger partial charge in [0.05, 0.1) is 19.5 Å². The Balaban J connectivity index is 0.000000821. The molecule has 0 spiro atoms. The summed E-state index contributed by atoms with van der Waals surface area (Å²) >= 11 is 0. The maximum Gasteiger partial charge on any atom is 0.290 e. The van der Waals surface area contributed by atoms with Gasteiger partial charge in [-0.15, -0.1) is 0 Å². The van der Waals surface area contributed by atoms with Crippen LogP contribution in [0.25, 0.3) is 6.08 Å². The SMILES string of the molecule is C/C(=C\c1ccco1)CN1C[C@@H]2C[C@H](C1)c1ccc(CN3CCOCC3)c(=O)n1C2.O=CO. The molecule has 2 bridgehead atoms. The molecule has 2 fully saturated rings. The van der Waals surface area contributed by atoms with Crippen molar-refractivity contribution in [2.75, 3.05) is 45.9 Å². The van der Waals surface area contributed by atoms with E-state index in [0.717, 1.165) is 70.4 Å². The van der Waals surface area contributed by atoms with Gasteiger partial charge in [-0.1, -0.05) is 11.6 Å². The van der Waals surface area contributed by atoms with Crippen molar-refractivity contribution in [1.29, 1.82) is 0 Å². The Morgan fingerprint density at radius 2 is 1.94 bits per heavy atom. The van der Waals surface area contributed by atoms with E-state index >= 15 is 0 Å². The smallest absolute Gasteiger partial charge is 0.290 e. The number of carboxylic acid groups (broad SMARTS) is 1. The molecular formula is C25H33N3O5. The van der Waals surface area contributed by atoms with Gasteiger partial charge < -0.3 is 18.8 Å². The molecule has 0 radical (unpaired) electrons. The Kier molecular flexibility index (Phi) is 7.80. The van der Waals surface area contributed by atoms with Crippen molar-refractivity contribution in [2.45, 2.75) is 32.4 Å². The van der Waals surface area contributed by atoms with E-state index in [1.807, 2.05) is 12.1 Å². The molecule has 0 unspecified atom stereocenters. The summed E-state index contributed by atoms with van der Waals surface area (Å²) in [4.78, 5) is 26.5. The van der Waals surface area contributed by atoms with Crippen molar-refractivity contribution in [3.8, 4) is 0 Å². The number of aromatic nitrogens is 1. The molecule has 8 heteroatoms. The molecule has 0 amide bonds. The lowest BCUT2D eigenvalue weighted by Crippen LogP contribution is -2.48. The molecule has 0 aliphatic carbocycles. The van der Waals surface area contributed by atoms with Crippen molar-refractivity contribution in [3.63, 3.8) is 0 Å². The highest BCUT2D eigenvalue weighted by Gasteiger charge is 2.35. The first-order chi connectivity index (χ1) is 16.1. The van der Waals surface area contributed by atoms with Crippen molar-refractivity contribution in [3.05, 3.63) is 63.5 Å². The lowest BCUT2D eigenvalue weighted by molar-refractivity contribution is -0.122. The monoisotopic (exact) mass is 455 g/mol. The van der Waals surface area contributed by atoms with Crippen LogP contribution in [0.5, 0.6) is 0 Å². The highest BCUT2D eigenvalue weighted by molar-refractivity contribution is 5.46. The van der Waals surface area contributed by atoms with Crippen LogP contribution in [0.4, 0.5) is 0 Å². The minimum Gasteiger partial charge on any atom is -0.483 e. The highest BCUT2D eigenvalue weighted by atomic mass is 16.5. The van der Waals surface area contributed by atoms with Gasteiger partial charge in [-0.3, -0.25) is 19.4 Å². The Morgan fingerprint density at radius 3 is 2.67 bits per heavy atom. The summed E-state index contributed by atoms with van der Waals surface area (Å²) in [6.45, 7) is 9.87. The molecule has 0 aromatic carbocycles. The van der Waals surface area contributed by atoms with Gasteiger partial charge in [0.2, 0.25) is 0 Å². The van der Waals surface area contributed by atoms with E-state index in [4.69, 9.17) is 19.1 Å². The second-order valence-electron chi connectivity index (χ2n) is 9.19. The number of ether oxygens (including phenoxy) is 1. The van der Waals surface area contributed by atoms with Crippen molar-refractivity contribution >= 4 is 12.5 Å². The van der Waals surface area contributed by atoms with Crippen LogP contribution >= 0.6 is 0 Å². The molecule has 33 heavy (non-hydrogen) atoms. The molecule has 3 aliphatic heterocycles. The largest absolute Gasteiger partial charge is 0.483 e. The summed E-state index contributed by atoms with van der Waals surface area (Å²) in [5, 5.41) is 6.89. The number of hydrogen-bond donors (Lipinski definition) is 1. The van der Waals surface area contributed by atoms with Crippen LogP contribution in [0.1, 0.15) is 36.3 Å². The standard InChI is InChI=1S/C24H31N3O3.CH2O2/c1-18(11-22-3-2-8-30-22)13-26-14-19-12-21(17-26)23-5-4-20(24(28)27(23)15-19)16-25-6-9-29-10-7-25;2-1-3/h2-5,8,11,19,21H,6-7,9-10,12-17H2,1H3;1H,(H,2,3)/b18-11+;/t19-,21+;/m0./s1. The topological polar surface area (TPSA) is 88.2 Å². The molecule has 178 valence electrons. The van der Waals surface area contributed by atoms with Gasteiger partial charge in [-0.2, -0.15) is 0 Å². The van der Waals surface area contributed by atoms with Crippen LogP contribution in [-0.2, 0) is 22.6 Å². The normalized spacial score (nSPS) is 23.4. The third-order valence-corrected chi connectivity index (χ3v) is 6.66. The predicted molar refractivity (Wildman–Crippen MR) is 125 cm³/mol. The summed E-state index contributed by atoms with van der Waals surface area (Å²) in [6, 6.07) is 8.20. The molecule has 5 heterocycles. The van der Waals surface area contributed by atoms with Gasteiger partial charge >= 0.3 is 0 Å². The number of fused-ring (bicyclic) bond motifs is 4. The number of pyridine rings is 1. The zero-order chi connectivity index (χ0) is 23.2.